The highest BCUT2D eigenvalue weighted by atomic mass is 16.6. The lowest BCUT2D eigenvalue weighted by molar-refractivity contribution is -0.384. The Bertz CT molecular complexity index is 731. The molecule has 1 unspecified atom stereocenters. The van der Waals surface area contributed by atoms with Gasteiger partial charge in [0, 0.05) is 17.7 Å². The van der Waals surface area contributed by atoms with Crippen LogP contribution in [-0.2, 0) is 6.42 Å². The molecule has 0 aliphatic carbocycles. The summed E-state index contributed by atoms with van der Waals surface area (Å²) in [5.41, 5.74) is 2.31. The van der Waals surface area contributed by atoms with Gasteiger partial charge in [-0.3, -0.25) is 14.9 Å². The molecule has 0 saturated heterocycles. The third-order valence-corrected chi connectivity index (χ3v) is 3.83. The Morgan fingerprint density at radius 2 is 1.96 bits per heavy atom. The van der Waals surface area contributed by atoms with Crippen molar-refractivity contribution in [3.05, 3.63) is 75.3 Å². The van der Waals surface area contributed by atoms with Crippen LogP contribution in [0.25, 0.3) is 0 Å². The summed E-state index contributed by atoms with van der Waals surface area (Å²) in [5.74, 6) is -0.180. The SMILES string of the molecule is CNCCc1ccccc1C(=O)NC(C)c1cccc([N+](=O)[O-])c1. The number of amides is 1. The van der Waals surface area contributed by atoms with Crippen LogP contribution in [0.5, 0.6) is 0 Å². The molecule has 0 fully saturated rings. The number of benzene rings is 2. The second-order valence-corrected chi connectivity index (χ2v) is 5.56. The van der Waals surface area contributed by atoms with Gasteiger partial charge >= 0.3 is 0 Å². The van der Waals surface area contributed by atoms with Crippen LogP contribution in [0.15, 0.2) is 48.5 Å². The summed E-state index contributed by atoms with van der Waals surface area (Å²) in [6.07, 6.45) is 0.755. The average Bonchev–Trinajstić information content (AvgIpc) is 2.60. The van der Waals surface area contributed by atoms with Gasteiger partial charge in [-0.15, -0.1) is 0 Å². The van der Waals surface area contributed by atoms with E-state index in [1.165, 1.54) is 12.1 Å². The number of carbonyl (C=O) groups excluding carboxylic acids is 1. The van der Waals surface area contributed by atoms with Crippen LogP contribution < -0.4 is 10.6 Å². The van der Waals surface area contributed by atoms with Crippen LogP contribution in [0.3, 0.4) is 0 Å². The van der Waals surface area contributed by atoms with Crippen molar-refractivity contribution >= 4 is 11.6 Å². The summed E-state index contributed by atoms with van der Waals surface area (Å²) in [6, 6.07) is 13.5. The predicted octanol–water partition coefficient (Wildman–Crippen LogP) is 2.85. The number of carbonyl (C=O) groups is 1. The smallest absolute Gasteiger partial charge is 0.269 e. The molecule has 0 aromatic heterocycles. The lowest BCUT2D eigenvalue weighted by Gasteiger charge is -2.16. The van der Waals surface area contributed by atoms with Crippen molar-refractivity contribution in [1.82, 2.24) is 10.6 Å². The highest BCUT2D eigenvalue weighted by Gasteiger charge is 2.16. The zero-order chi connectivity index (χ0) is 17.5. The number of nitro groups is 1. The summed E-state index contributed by atoms with van der Waals surface area (Å²) >= 11 is 0. The minimum absolute atomic E-state index is 0.0167. The van der Waals surface area contributed by atoms with Crippen LogP contribution in [0.4, 0.5) is 5.69 Å². The van der Waals surface area contributed by atoms with E-state index in [-0.39, 0.29) is 17.6 Å². The Morgan fingerprint density at radius 3 is 2.67 bits per heavy atom. The third-order valence-electron chi connectivity index (χ3n) is 3.83. The number of hydrogen-bond acceptors (Lipinski definition) is 4. The largest absolute Gasteiger partial charge is 0.346 e. The fourth-order valence-electron chi connectivity index (χ4n) is 2.48. The molecule has 0 aliphatic rings. The number of rotatable bonds is 7. The Kier molecular flexibility index (Phi) is 6.03. The van der Waals surface area contributed by atoms with Crippen LogP contribution in [0, 0.1) is 10.1 Å². The maximum Gasteiger partial charge on any atom is 0.269 e. The first-order chi connectivity index (χ1) is 11.5. The Hall–Kier alpha value is -2.73. The number of non-ortho nitro benzene ring substituents is 1. The van der Waals surface area contributed by atoms with E-state index in [1.807, 2.05) is 32.2 Å². The molecule has 2 rings (SSSR count). The Balaban J connectivity index is 2.14. The first-order valence-electron chi connectivity index (χ1n) is 7.80. The molecule has 0 spiro atoms. The second-order valence-electron chi connectivity index (χ2n) is 5.56. The number of likely N-dealkylation sites (N-methyl/N-ethyl adjacent to an activating group) is 1. The van der Waals surface area contributed by atoms with Crippen molar-refractivity contribution in [2.45, 2.75) is 19.4 Å². The van der Waals surface area contributed by atoms with Gasteiger partial charge in [-0.05, 0) is 44.1 Å². The molecule has 0 bridgehead atoms. The molecular weight excluding hydrogens is 306 g/mol. The van der Waals surface area contributed by atoms with Crippen molar-refractivity contribution in [3.8, 4) is 0 Å². The standard InChI is InChI=1S/C18H21N3O3/c1-13(15-7-5-8-16(12-15)21(23)24)20-18(22)17-9-4-3-6-14(17)10-11-19-2/h3-9,12-13,19H,10-11H2,1-2H3,(H,20,22). The van der Waals surface area contributed by atoms with Gasteiger partial charge in [-0.25, -0.2) is 0 Å². The number of hydrogen-bond donors (Lipinski definition) is 2. The molecule has 1 atom stereocenters. The molecular formula is C18H21N3O3. The lowest BCUT2D eigenvalue weighted by atomic mass is 10.0. The number of nitrogens with zero attached hydrogens (tertiary/aromatic N) is 1. The first kappa shape index (κ1) is 17.6. The van der Waals surface area contributed by atoms with Crippen molar-refractivity contribution in [2.75, 3.05) is 13.6 Å². The highest BCUT2D eigenvalue weighted by Crippen LogP contribution is 2.20. The molecule has 2 N–H and O–H groups in total. The second kappa shape index (κ2) is 8.21. The normalized spacial score (nSPS) is 11.8. The first-order valence-corrected chi connectivity index (χ1v) is 7.80. The van der Waals surface area contributed by atoms with E-state index in [9.17, 15) is 14.9 Å². The molecule has 0 saturated carbocycles. The molecule has 24 heavy (non-hydrogen) atoms. The van der Waals surface area contributed by atoms with Gasteiger partial charge < -0.3 is 10.6 Å². The lowest BCUT2D eigenvalue weighted by Crippen LogP contribution is -2.28. The molecule has 1 amide bonds. The zero-order valence-electron chi connectivity index (χ0n) is 13.8. The van der Waals surface area contributed by atoms with Crippen LogP contribution in [-0.4, -0.2) is 24.4 Å². The van der Waals surface area contributed by atoms with Gasteiger partial charge in [0.2, 0.25) is 0 Å². The summed E-state index contributed by atoms with van der Waals surface area (Å²) in [5, 5.41) is 16.9. The van der Waals surface area contributed by atoms with Crippen LogP contribution in [0.2, 0.25) is 0 Å². The molecule has 0 heterocycles. The number of nitro benzene ring substituents is 1. The molecule has 126 valence electrons. The quantitative estimate of drug-likeness (QED) is 0.605. The van der Waals surface area contributed by atoms with Gasteiger partial charge in [0.25, 0.3) is 11.6 Å². The highest BCUT2D eigenvalue weighted by molar-refractivity contribution is 5.95. The van der Waals surface area contributed by atoms with E-state index in [0.717, 1.165) is 18.5 Å². The zero-order valence-corrected chi connectivity index (χ0v) is 13.8. The van der Waals surface area contributed by atoms with Gasteiger partial charge in [-0.2, -0.15) is 0 Å². The molecule has 2 aromatic carbocycles. The topological polar surface area (TPSA) is 84.3 Å². The maximum atomic E-state index is 12.6. The van der Waals surface area contributed by atoms with Crippen molar-refractivity contribution in [2.24, 2.45) is 0 Å². The van der Waals surface area contributed by atoms with E-state index < -0.39 is 4.92 Å². The van der Waals surface area contributed by atoms with Crippen molar-refractivity contribution in [3.63, 3.8) is 0 Å². The van der Waals surface area contributed by atoms with E-state index in [0.29, 0.717) is 11.1 Å². The van der Waals surface area contributed by atoms with Gasteiger partial charge in [0.15, 0.2) is 0 Å². The molecule has 6 nitrogen and oxygen atoms in total. The summed E-state index contributed by atoms with van der Waals surface area (Å²) in [6.45, 7) is 2.60. The molecule has 6 heteroatoms. The van der Waals surface area contributed by atoms with Gasteiger partial charge in [-0.1, -0.05) is 30.3 Å². The van der Waals surface area contributed by atoms with Crippen molar-refractivity contribution in [1.29, 1.82) is 0 Å². The van der Waals surface area contributed by atoms with E-state index >= 15 is 0 Å². The number of nitrogens with one attached hydrogen (secondary N) is 2. The average molecular weight is 327 g/mol. The predicted molar refractivity (Wildman–Crippen MR) is 93.1 cm³/mol. The fraction of sp³-hybridized carbons (Fsp3) is 0.278. The maximum absolute atomic E-state index is 12.6. The van der Waals surface area contributed by atoms with Crippen LogP contribution >= 0.6 is 0 Å². The van der Waals surface area contributed by atoms with Gasteiger partial charge in [0.05, 0.1) is 11.0 Å². The summed E-state index contributed by atoms with van der Waals surface area (Å²) in [7, 11) is 1.87. The van der Waals surface area contributed by atoms with E-state index in [4.69, 9.17) is 0 Å². The molecule has 2 aromatic rings. The third kappa shape index (κ3) is 4.39. The minimum atomic E-state index is -0.439. The van der Waals surface area contributed by atoms with Gasteiger partial charge in [0.1, 0.15) is 0 Å². The molecule has 0 radical (unpaired) electrons. The summed E-state index contributed by atoms with van der Waals surface area (Å²) < 4.78 is 0. The van der Waals surface area contributed by atoms with E-state index in [1.54, 1.807) is 18.2 Å². The van der Waals surface area contributed by atoms with E-state index in [2.05, 4.69) is 10.6 Å². The van der Waals surface area contributed by atoms with Crippen molar-refractivity contribution < 1.29 is 9.72 Å². The summed E-state index contributed by atoms with van der Waals surface area (Å²) in [4.78, 5) is 23.0. The van der Waals surface area contributed by atoms with Crippen LogP contribution in [0.1, 0.15) is 34.5 Å². The monoisotopic (exact) mass is 327 g/mol. The Labute approximate surface area is 141 Å². The minimum Gasteiger partial charge on any atom is -0.346 e. The fourth-order valence-corrected chi connectivity index (χ4v) is 2.48. The molecule has 0 aliphatic heterocycles. The Morgan fingerprint density at radius 1 is 1.21 bits per heavy atom.